The molecular formula is C40H45Hf. The van der Waals surface area contributed by atoms with E-state index in [-0.39, 0.29) is 0 Å². The van der Waals surface area contributed by atoms with Gasteiger partial charge in [0.15, 0.2) is 0 Å². The molecule has 6 rings (SSSR count). The van der Waals surface area contributed by atoms with Gasteiger partial charge >= 0.3 is 247 Å². The molecule has 0 aliphatic heterocycles. The molecule has 2 aliphatic rings. The van der Waals surface area contributed by atoms with Crippen LogP contribution in [0.1, 0.15) is 65.2 Å². The van der Waals surface area contributed by atoms with E-state index < -0.39 is 16.5 Å². The minimum absolute atomic E-state index is 0.425. The first-order valence-electron chi connectivity index (χ1n) is 15.4. The van der Waals surface area contributed by atoms with Crippen molar-refractivity contribution in [2.45, 2.75) is 62.4 Å². The Balaban J connectivity index is 1.57. The van der Waals surface area contributed by atoms with E-state index in [1.165, 1.54) is 66.8 Å². The fourth-order valence-corrected chi connectivity index (χ4v) is 35.8. The molecule has 0 spiro atoms. The second-order valence-corrected chi connectivity index (χ2v) is 54.0. The van der Waals surface area contributed by atoms with E-state index in [1.54, 1.807) is 0 Å². The molecule has 0 saturated carbocycles. The summed E-state index contributed by atoms with van der Waals surface area (Å²) in [5.41, 5.74) is 16.9. The van der Waals surface area contributed by atoms with E-state index in [1.807, 2.05) is 0 Å². The molecule has 4 aromatic rings. The Hall–Kier alpha value is -2.90. The molecule has 1 heteroatoms. The first-order valence-corrected chi connectivity index (χ1v) is 32.4. The van der Waals surface area contributed by atoms with E-state index >= 15 is 0 Å². The summed E-state index contributed by atoms with van der Waals surface area (Å²) in [7, 11) is 0. The molecule has 0 heterocycles. The molecule has 0 N–H and O–H groups in total. The number of rotatable bonds is 5. The maximum atomic E-state index is 2.83. The summed E-state index contributed by atoms with van der Waals surface area (Å²) < 4.78 is 11.9. The topological polar surface area (TPSA) is 0 Å². The molecule has 2 aliphatic carbocycles. The van der Waals surface area contributed by atoms with Gasteiger partial charge in [0, 0.05) is 0 Å². The van der Waals surface area contributed by atoms with Gasteiger partial charge in [-0.15, -0.1) is 0 Å². The van der Waals surface area contributed by atoms with Crippen LogP contribution >= 0.6 is 0 Å². The third-order valence-corrected chi connectivity index (χ3v) is 40.7. The van der Waals surface area contributed by atoms with Crippen LogP contribution < -0.4 is 0 Å². The average molecular weight is 704 g/mol. The van der Waals surface area contributed by atoms with Gasteiger partial charge in [0.05, 0.1) is 0 Å². The van der Waals surface area contributed by atoms with E-state index in [0.29, 0.717) is 7.35 Å². The summed E-state index contributed by atoms with van der Waals surface area (Å²) in [6, 6.07) is 27.5. The normalized spacial score (nSPS) is 19.0. The van der Waals surface area contributed by atoms with Crippen molar-refractivity contribution >= 4 is 15.9 Å². The van der Waals surface area contributed by atoms with E-state index in [4.69, 9.17) is 0 Å². The van der Waals surface area contributed by atoms with E-state index in [0.717, 1.165) is 6.42 Å². The van der Waals surface area contributed by atoms with Gasteiger partial charge in [-0.3, -0.25) is 0 Å². The van der Waals surface area contributed by atoms with Crippen molar-refractivity contribution in [1.82, 2.24) is 0 Å². The van der Waals surface area contributed by atoms with Gasteiger partial charge in [-0.2, -0.15) is 0 Å². The summed E-state index contributed by atoms with van der Waals surface area (Å²) >= 11 is -4.45. The van der Waals surface area contributed by atoms with Crippen LogP contribution in [0.3, 0.4) is 0 Å². The number of allylic oxidation sites excluding steroid dienone is 2. The van der Waals surface area contributed by atoms with E-state index in [2.05, 4.69) is 150 Å². The summed E-state index contributed by atoms with van der Waals surface area (Å²) in [4.78, 5) is 0. The zero-order chi connectivity index (χ0) is 29.2. The van der Waals surface area contributed by atoms with Crippen molar-refractivity contribution in [3.05, 3.63) is 129 Å². The minimum atomic E-state index is -4.45. The van der Waals surface area contributed by atoms with Crippen molar-refractivity contribution in [3.63, 3.8) is 0 Å². The van der Waals surface area contributed by atoms with Crippen molar-refractivity contribution in [3.8, 4) is 22.3 Å². The third-order valence-electron chi connectivity index (χ3n) is 11.0. The maximum absolute atomic E-state index is 4.45. The average Bonchev–Trinajstić information content (AvgIpc) is 3.56. The monoisotopic (exact) mass is 705 g/mol. The molecule has 209 valence electrons. The van der Waals surface area contributed by atoms with Crippen LogP contribution in [0.2, 0.25) is 14.0 Å². The Morgan fingerprint density at radius 3 is 1.29 bits per heavy atom. The predicted molar refractivity (Wildman–Crippen MR) is 180 cm³/mol. The van der Waals surface area contributed by atoms with Crippen LogP contribution in [0.5, 0.6) is 0 Å². The zero-order valence-corrected chi connectivity index (χ0v) is 29.8. The summed E-state index contributed by atoms with van der Waals surface area (Å²) in [5.74, 6) is 0. The van der Waals surface area contributed by atoms with Gasteiger partial charge in [-0.05, 0) is 0 Å². The Morgan fingerprint density at radius 1 is 0.561 bits per heavy atom. The quantitative estimate of drug-likeness (QED) is 0.182. The first kappa shape index (κ1) is 28.2. The summed E-state index contributed by atoms with van der Waals surface area (Å²) in [5, 5.41) is 0. The Kier molecular flexibility index (Phi) is 6.40. The number of fused-ring (bicyclic) bond motifs is 2. The van der Waals surface area contributed by atoms with Gasteiger partial charge in [-0.1, -0.05) is 0 Å². The molecule has 0 aromatic heterocycles. The number of hydrogen-bond donors (Lipinski definition) is 0. The van der Waals surface area contributed by atoms with Gasteiger partial charge in [0.25, 0.3) is 0 Å². The Morgan fingerprint density at radius 2 is 0.927 bits per heavy atom. The fourth-order valence-electron chi connectivity index (χ4n) is 8.97. The van der Waals surface area contributed by atoms with Gasteiger partial charge < -0.3 is 0 Å². The molecule has 4 aromatic carbocycles. The van der Waals surface area contributed by atoms with Crippen molar-refractivity contribution in [1.29, 1.82) is 0 Å². The molecule has 2 unspecified atom stereocenters. The molecule has 0 amide bonds. The molecule has 0 nitrogen and oxygen atoms in total. The van der Waals surface area contributed by atoms with Crippen LogP contribution in [0.4, 0.5) is 0 Å². The van der Waals surface area contributed by atoms with Gasteiger partial charge in [0.2, 0.25) is 0 Å². The summed E-state index contributed by atoms with van der Waals surface area (Å²) in [6.07, 6.45) is 11.2. The number of hydrogen-bond acceptors (Lipinski definition) is 0. The van der Waals surface area contributed by atoms with E-state index in [9.17, 15) is 0 Å². The molecule has 0 bridgehead atoms. The second-order valence-electron chi connectivity index (χ2n) is 15.0. The number of aryl methyl sites for hydroxylation is 4. The molecule has 2 atom stereocenters. The molecule has 0 radical (unpaired) electrons. The van der Waals surface area contributed by atoms with Gasteiger partial charge in [0.1, 0.15) is 0 Å². The van der Waals surface area contributed by atoms with Crippen LogP contribution in [0.25, 0.3) is 34.4 Å². The fraction of sp³-hybridized carbons (Fsp3) is 0.275. The first-order chi connectivity index (χ1) is 19.4. The standard InChI is InChI=1S/2C17H15.C3H6.3CH3.Hf/c2*1-12-6-3-7-13(2)17(12)16-11-5-9-14-8-4-10-15(14)16;1-3-2;;;;/h2*3-11H,1-2H3;1H,3H2,2H3;3*1H3;. The Bertz CT molecular complexity index is 1710. The second kappa shape index (κ2) is 9.30. The van der Waals surface area contributed by atoms with Crippen LogP contribution in [0.15, 0.2) is 84.9 Å². The number of benzene rings is 4. The molecule has 0 saturated heterocycles. The molecular weight excluding hydrogens is 659 g/mol. The predicted octanol–water partition coefficient (Wildman–Crippen LogP) is 11.7. The SMILES string of the molecule is CC[CH]=[Hf]([CH3])([CH3])([CH3])([CH]1C=Cc2c(-c3c(C)cccc3C)cccc21)[CH]1C=Cc2c(-c3c(C)cccc3C)cccc21. The van der Waals surface area contributed by atoms with Crippen LogP contribution in [-0.2, 0) is 16.5 Å². The van der Waals surface area contributed by atoms with Crippen molar-refractivity contribution < 1.29 is 16.5 Å². The van der Waals surface area contributed by atoms with Crippen LogP contribution in [0, 0.1) is 27.7 Å². The molecule has 41 heavy (non-hydrogen) atoms. The van der Waals surface area contributed by atoms with Crippen molar-refractivity contribution in [2.24, 2.45) is 0 Å². The zero-order valence-electron chi connectivity index (χ0n) is 26.2. The van der Waals surface area contributed by atoms with Crippen molar-refractivity contribution in [2.75, 3.05) is 0 Å². The third kappa shape index (κ3) is 4.14. The summed E-state index contributed by atoms with van der Waals surface area (Å²) in [6.45, 7) is 11.4. The molecule has 0 fully saturated rings. The van der Waals surface area contributed by atoms with Gasteiger partial charge in [-0.25, -0.2) is 0 Å². The van der Waals surface area contributed by atoms with Crippen LogP contribution in [-0.4, -0.2) is 3.76 Å². The Labute approximate surface area is 245 Å².